The lowest BCUT2D eigenvalue weighted by Gasteiger charge is -2.28. The van der Waals surface area contributed by atoms with Gasteiger partial charge in [-0.15, -0.1) is 16.8 Å². The predicted octanol–water partition coefficient (Wildman–Crippen LogP) is 4.29. The smallest absolute Gasteiger partial charge is 0.233 e. The largest absolute Gasteiger partial charge is 0.497 e. The van der Waals surface area contributed by atoms with Crippen LogP contribution in [0.1, 0.15) is 30.0 Å². The normalized spacial score (nSPS) is 13.8. The lowest BCUT2D eigenvalue weighted by atomic mass is 10.00. The zero-order chi connectivity index (χ0) is 23.2. The molecule has 8 heteroatoms. The number of hydrogen-bond acceptors (Lipinski definition) is 6. The molecule has 1 atom stereocenters. The first-order valence-electron chi connectivity index (χ1n) is 10.9. The maximum atomic E-state index is 12.9. The second kappa shape index (κ2) is 10.6. The minimum Gasteiger partial charge on any atom is -0.497 e. The van der Waals surface area contributed by atoms with Crippen molar-refractivity contribution in [2.45, 2.75) is 37.7 Å². The van der Waals surface area contributed by atoms with Crippen molar-refractivity contribution in [2.75, 3.05) is 19.4 Å². The van der Waals surface area contributed by atoms with Crippen molar-refractivity contribution in [1.29, 1.82) is 0 Å². The van der Waals surface area contributed by atoms with Crippen LogP contribution >= 0.6 is 11.8 Å². The van der Waals surface area contributed by atoms with E-state index < -0.39 is 0 Å². The van der Waals surface area contributed by atoms with Crippen LogP contribution in [0.4, 0.5) is 0 Å². The molecule has 2 aromatic carbocycles. The van der Waals surface area contributed by atoms with Crippen LogP contribution in [-0.4, -0.2) is 45.0 Å². The summed E-state index contributed by atoms with van der Waals surface area (Å²) >= 11 is 1.40. The summed E-state index contributed by atoms with van der Waals surface area (Å²) in [5, 5.41) is 9.37. The van der Waals surface area contributed by atoms with E-state index in [0.717, 1.165) is 18.7 Å². The number of benzene rings is 2. The van der Waals surface area contributed by atoms with Crippen LogP contribution in [0.5, 0.6) is 11.5 Å². The van der Waals surface area contributed by atoms with Crippen LogP contribution in [0.2, 0.25) is 0 Å². The Balaban J connectivity index is 1.42. The van der Waals surface area contributed by atoms with Crippen molar-refractivity contribution >= 4 is 17.7 Å². The van der Waals surface area contributed by atoms with Gasteiger partial charge in [0.05, 0.1) is 12.9 Å². The van der Waals surface area contributed by atoms with Crippen LogP contribution < -0.4 is 9.47 Å². The van der Waals surface area contributed by atoms with Gasteiger partial charge in [0.25, 0.3) is 0 Å². The van der Waals surface area contributed by atoms with E-state index in [0.29, 0.717) is 35.6 Å². The lowest BCUT2D eigenvalue weighted by Crippen LogP contribution is -2.37. The third-order valence-corrected chi connectivity index (χ3v) is 6.53. The van der Waals surface area contributed by atoms with Gasteiger partial charge in [-0.2, -0.15) is 0 Å². The number of aromatic nitrogens is 3. The summed E-state index contributed by atoms with van der Waals surface area (Å²) in [6, 6.07) is 15.8. The Kier molecular flexibility index (Phi) is 7.34. The average molecular weight is 465 g/mol. The van der Waals surface area contributed by atoms with Gasteiger partial charge >= 0.3 is 0 Å². The van der Waals surface area contributed by atoms with E-state index in [-0.39, 0.29) is 12.0 Å². The quantitative estimate of drug-likeness (QED) is 0.348. The molecule has 0 aliphatic carbocycles. The number of thioether (sulfide) groups is 1. The van der Waals surface area contributed by atoms with Gasteiger partial charge in [0.15, 0.2) is 17.1 Å². The molecule has 0 bridgehead atoms. The highest BCUT2D eigenvalue weighted by molar-refractivity contribution is 7.99. The second-order valence-corrected chi connectivity index (χ2v) is 8.74. The zero-order valence-corrected chi connectivity index (χ0v) is 19.8. The highest BCUT2D eigenvalue weighted by Crippen LogP contribution is 2.27. The number of carbonyl (C=O) groups excluding carboxylic acids is 1. The predicted molar refractivity (Wildman–Crippen MR) is 129 cm³/mol. The van der Waals surface area contributed by atoms with Crippen molar-refractivity contribution in [3.05, 3.63) is 78.1 Å². The highest BCUT2D eigenvalue weighted by atomic mass is 32.2. The first-order valence-corrected chi connectivity index (χ1v) is 11.9. The van der Waals surface area contributed by atoms with Crippen molar-refractivity contribution < 1.29 is 14.3 Å². The summed E-state index contributed by atoms with van der Waals surface area (Å²) < 4.78 is 13.3. The molecule has 7 nitrogen and oxygen atoms in total. The molecule has 2 heterocycles. The molecule has 172 valence electrons. The third-order valence-electron chi connectivity index (χ3n) is 5.58. The molecule has 0 radical (unpaired) electrons. The third kappa shape index (κ3) is 5.39. The minimum absolute atomic E-state index is 0.102. The van der Waals surface area contributed by atoms with Crippen molar-refractivity contribution in [2.24, 2.45) is 0 Å². The number of rotatable bonds is 9. The Morgan fingerprint density at radius 2 is 1.97 bits per heavy atom. The van der Waals surface area contributed by atoms with Gasteiger partial charge in [-0.25, -0.2) is 0 Å². The van der Waals surface area contributed by atoms with Gasteiger partial charge < -0.3 is 14.4 Å². The molecule has 4 rings (SSSR count). The zero-order valence-electron chi connectivity index (χ0n) is 18.9. The summed E-state index contributed by atoms with van der Waals surface area (Å²) in [6.07, 6.45) is 2.34. The van der Waals surface area contributed by atoms with E-state index in [4.69, 9.17) is 9.47 Å². The molecular formula is C25H28N4O3S. The van der Waals surface area contributed by atoms with Gasteiger partial charge in [0, 0.05) is 25.7 Å². The number of amides is 1. The van der Waals surface area contributed by atoms with Crippen LogP contribution in [-0.2, 0) is 24.3 Å². The summed E-state index contributed by atoms with van der Waals surface area (Å²) in [4.78, 5) is 14.8. The number of ether oxygens (including phenoxy) is 2. The summed E-state index contributed by atoms with van der Waals surface area (Å²) in [6.45, 7) is 7.71. The second-order valence-electron chi connectivity index (χ2n) is 7.80. The van der Waals surface area contributed by atoms with Crippen LogP contribution in [0.15, 0.2) is 66.3 Å². The SMILES string of the molecule is C=CCn1c(SCC(=O)N2CCc3ccccc3C2)nnc1C(C)Oc1cccc(OC)c1. The first kappa shape index (κ1) is 22.9. The number of nitrogens with zero attached hydrogens (tertiary/aromatic N) is 4. The van der Waals surface area contributed by atoms with Crippen LogP contribution in [0, 0.1) is 0 Å². The van der Waals surface area contributed by atoms with E-state index in [1.165, 1.54) is 22.9 Å². The molecule has 1 amide bonds. The van der Waals surface area contributed by atoms with E-state index in [9.17, 15) is 4.79 Å². The monoisotopic (exact) mass is 464 g/mol. The lowest BCUT2D eigenvalue weighted by molar-refractivity contribution is -0.129. The first-order chi connectivity index (χ1) is 16.1. The maximum Gasteiger partial charge on any atom is 0.233 e. The average Bonchev–Trinajstić information content (AvgIpc) is 3.25. The molecule has 1 aliphatic rings. The molecule has 0 saturated heterocycles. The molecule has 1 unspecified atom stereocenters. The Labute approximate surface area is 198 Å². The van der Waals surface area contributed by atoms with E-state index in [2.05, 4.69) is 35.0 Å². The molecule has 0 spiro atoms. The Morgan fingerprint density at radius 3 is 2.76 bits per heavy atom. The number of fused-ring (bicyclic) bond motifs is 1. The fraction of sp³-hybridized carbons (Fsp3) is 0.320. The maximum absolute atomic E-state index is 12.9. The molecule has 1 aromatic heterocycles. The molecule has 1 aliphatic heterocycles. The molecule has 33 heavy (non-hydrogen) atoms. The Bertz CT molecular complexity index is 1130. The van der Waals surface area contributed by atoms with Gasteiger partial charge in [-0.1, -0.05) is 48.2 Å². The van der Waals surface area contributed by atoms with Gasteiger partial charge in [0.2, 0.25) is 5.91 Å². The molecule has 3 aromatic rings. The minimum atomic E-state index is -0.340. The van der Waals surface area contributed by atoms with Crippen molar-refractivity contribution in [3.63, 3.8) is 0 Å². The molecule has 0 saturated carbocycles. The van der Waals surface area contributed by atoms with Crippen molar-refractivity contribution in [1.82, 2.24) is 19.7 Å². The Hall–Kier alpha value is -3.26. The number of hydrogen-bond donors (Lipinski definition) is 0. The van der Waals surface area contributed by atoms with Crippen LogP contribution in [0.25, 0.3) is 0 Å². The van der Waals surface area contributed by atoms with Crippen molar-refractivity contribution in [3.8, 4) is 11.5 Å². The van der Waals surface area contributed by atoms with Gasteiger partial charge in [-0.3, -0.25) is 9.36 Å². The summed E-state index contributed by atoms with van der Waals surface area (Å²) in [7, 11) is 1.62. The summed E-state index contributed by atoms with van der Waals surface area (Å²) in [5.74, 6) is 2.50. The number of carbonyl (C=O) groups is 1. The fourth-order valence-corrected chi connectivity index (χ4v) is 4.72. The van der Waals surface area contributed by atoms with E-state index in [1.54, 1.807) is 13.2 Å². The molecule has 0 fully saturated rings. The van der Waals surface area contributed by atoms with Gasteiger partial charge in [0.1, 0.15) is 11.5 Å². The number of methoxy groups -OCH3 is 1. The van der Waals surface area contributed by atoms with E-state index in [1.807, 2.05) is 46.7 Å². The van der Waals surface area contributed by atoms with Gasteiger partial charge in [-0.05, 0) is 36.6 Å². The number of allylic oxidation sites excluding steroid dienone is 1. The standard InChI is InChI=1S/C25H28N4O3S/c1-4-13-29-24(18(2)32-22-11-7-10-21(15-22)31-3)26-27-25(29)33-17-23(30)28-14-12-19-8-5-6-9-20(19)16-28/h4-11,15,18H,1,12-14,16-17H2,2-3H3. The molecule has 0 N–H and O–H groups in total. The van der Waals surface area contributed by atoms with E-state index >= 15 is 0 Å². The summed E-state index contributed by atoms with van der Waals surface area (Å²) in [5.41, 5.74) is 2.55. The van der Waals surface area contributed by atoms with Crippen LogP contribution in [0.3, 0.4) is 0 Å². The molecular weight excluding hydrogens is 436 g/mol. The highest BCUT2D eigenvalue weighted by Gasteiger charge is 2.23. The fourth-order valence-electron chi connectivity index (χ4n) is 3.87. The topological polar surface area (TPSA) is 69.5 Å². The Morgan fingerprint density at radius 1 is 1.18 bits per heavy atom.